The molecule has 1 unspecified atom stereocenters. The van der Waals surface area contributed by atoms with Crippen LogP contribution in [0.5, 0.6) is 5.75 Å². The number of carbonyl (C=O) groups excluding carboxylic acids is 2. The topological polar surface area (TPSA) is 121 Å². The van der Waals surface area contributed by atoms with Gasteiger partial charge in [0, 0.05) is 24.7 Å². The number of aromatic nitrogens is 3. The number of aromatic amines is 1. The minimum Gasteiger partial charge on any atom is -0.466 e. The van der Waals surface area contributed by atoms with Crippen molar-refractivity contribution in [2.75, 3.05) is 11.5 Å². The first-order valence-corrected chi connectivity index (χ1v) is 12.0. The van der Waals surface area contributed by atoms with Crippen molar-refractivity contribution in [1.82, 2.24) is 15.0 Å². The lowest BCUT2D eigenvalue weighted by atomic mass is 10.1. The second kappa shape index (κ2) is 11.8. The van der Waals surface area contributed by atoms with Crippen LogP contribution in [0.25, 0.3) is 11.0 Å². The van der Waals surface area contributed by atoms with Gasteiger partial charge in [-0.05, 0) is 62.2 Å². The third-order valence-electron chi connectivity index (χ3n) is 5.74. The van der Waals surface area contributed by atoms with Crippen LogP contribution in [-0.2, 0) is 22.4 Å². The molecule has 1 amide bonds. The number of carbonyl (C=O) groups is 2. The van der Waals surface area contributed by atoms with Crippen LogP contribution < -0.4 is 9.64 Å². The Labute approximate surface area is 214 Å². The lowest BCUT2D eigenvalue weighted by Gasteiger charge is -2.26. The Kier molecular flexibility index (Phi) is 8.11. The van der Waals surface area contributed by atoms with Crippen LogP contribution in [0.4, 0.5) is 10.6 Å². The zero-order valence-electron chi connectivity index (χ0n) is 20.7. The molecule has 1 atom stereocenters. The fraction of sp³-hybridized carbons (Fsp3) is 0.250. The average Bonchev–Trinajstić information content (AvgIpc) is 3.31. The molecule has 37 heavy (non-hydrogen) atoms. The van der Waals surface area contributed by atoms with Gasteiger partial charge in [-0.15, -0.1) is 0 Å². The van der Waals surface area contributed by atoms with Gasteiger partial charge < -0.3 is 14.5 Å². The molecule has 2 aromatic carbocycles. The number of rotatable bonds is 9. The van der Waals surface area contributed by atoms with Gasteiger partial charge in [0.25, 0.3) is 0 Å². The number of esters is 1. The van der Waals surface area contributed by atoms with Crippen LogP contribution in [0.1, 0.15) is 37.2 Å². The molecule has 4 aromatic rings. The van der Waals surface area contributed by atoms with E-state index in [1.807, 2.05) is 12.1 Å². The van der Waals surface area contributed by atoms with Crippen molar-refractivity contribution in [3.63, 3.8) is 0 Å². The number of H-pyrrole nitrogens is 1. The Morgan fingerprint density at radius 3 is 2.62 bits per heavy atom. The molecule has 0 saturated carbocycles. The molecule has 9 heteroatoms. The van der Waals surface area contributed by atoms with Crippen molar-refractivity contribution in [3.8, 4) is 11.8 Å². The summed E-state index contributed by atoms with van der Waals surface area (Å²) in [5.74, 6) is 1.11. The number of aryl methyl sites for hydroxylation is 2. The minimum absolute atomic E-state index is 0.00168. The van der Waals surface area contributed by atoms with Crippen molar-refractivity contribution in [2.24, 2.45) is 0 Å². The van der Waals surface area contributed by atoms with E-state index in [0.29, 0.717) is 23.6 Å². The van der Waals surface area contributed by atoms with Crippen molar-refractivity contribution in [2.45, 2.75) is 39.2 Å². The number of hydrogen-bond acceptors (Lipinski definition) is 7. The highest BCUT2D eigenvalue weighted by molar-refractivity contribution is 5.90. The lowest BCUT2D eigenvalue weighted by Crippen LogP contribution is -2.42. The van der Waals surface area contributed by atoms with Crippen molar-refractivity contribution in [3.05, 3.63) is 83.8 Å². The normalized spacial score (nSPS) is 11.5. The Balaban J connectivity index is 1.47. The lowest BCUT2D eigenvalue weighted by molar-refractivity contribution is -0.143. The molecule has 0 aliphatic rings. The van der Waals surface area contributed by atoms with Crippen LogP contribution in [0.3, 0.4) is 0 Å². The molecule has 0 aliphatic carbocycles. The monoisotopic (exact) mass is 497 g/mol. The number of pyridine rings is 1. The van der Waals surface area contributed by atoms with E-state index >= 15 is 0 Å². The molecule has 2 aromatic heterocycles. The molecule has 9 nitrogen and oxygen atoms in total. The van der Waals surface area contributed by atoms with E-state index in [1.54, 1.807) is 68.6 Å². The SMILES string of the molecule is CCOC(=O)CC(C)N(C(=O)Oc1ccc2nc(CCc3ccc(C#N)cc3)[nH]c2c1)c1ccccn1. The van der Waals surface area contributed by atoms with Gasteiger partial charge in [0.15, 0.2) is 0 Å². The number of imidazole rings is 1. The molecule has 4 rings (SSSR count). The number of ether oxygens (including phenoxy) is 2. The van der Waals surface area contributed by atoms with Gasteiger partial charge in [0.05, 0.1) is 35.7 Å². The van der Waals surface area contributed by atoms with Crippen molar-refractivity contribution < 1.29 is 19.1 Å². The van der Waals surface area contributed by atoms with E-state index in [-0.39, 0.29) is 13.0 Å². The van der Waals surface area contributed by atoms with Gasteiger partial charge in [-0.2, -0.15) is 5.26 Å². The quantitative estimate of drug-likeness (QED) is 0.324. The number of benzene rings is 2. The third kappa shape index (κ3) is 6.49. The summed E-state index contributed by atoms with van der Waals surface area (Å²) in [4.78, 5) is 38.8. The van der Waals surface area contributed by atoms with E-state index in [0.717, 1.165) is 28.8 Å². The molecule has 1 N–H and O–H groups in total. The molecule has 188 valence electrons. The third-order valence-corrected chi connectivity index (χ3v) is 5.74. The number of nitrogens with one attached hydrogen (secondary N) is 1. The van der Waals surface area contributed by atoms with Crippen LogP contribution in [0.2, 0.25) is 0 Å². The summed E-state index contributed by atoms with van der Waals surface area (Å²) in [5.41, 5.74) is 3.24. The van der Waals surface area contributed by atoms with Crippen molar-refractivity contribution >= 4 is 28.9 Å². The van der Waals surface area contributed by atoms with Gasteiger partial charge in [-0.1, -0.05) is 18.2 Å². The molecule has 0 radical (unpaired) electrons. The van der Waals surface area contributed by atoms with Gasteiger partial charge >= 0.3 is 12.1 Å². The first kappa shape index (κ1) is 25.4. The zero-order valence-corrected chi connectivity index (χ0v) is 20.7. The number of fused-ring (bicyclic) bond motifs is 1. The molecule has 2 heterocycles. The van der Waals surface area contributed by atoms with Gasteiger partial charge in [0.1, 0.15) is 17.4 Å². The predicted molar refractivity (Wildman–Crippen MR) is 138 cm³/mol. The zero-order chi connectivity index (χ0) is 26.2. The van der Waals surface area contributed by atoms with E-state index in [2.05, 4.69) is 21.0 Å². The fourth-order valence-electron chi connectivity index (χ4n) is 3.93. The van der Waals surface area contributed by atoms with Gasteiger partial charge in [0.2, 0.25) is 0 Å². The first-order chi connectivity index (χ1) is 18.0. The predicted octanol–water partition coefficient (Wildman–Crippen LogP) is 4.96. The van der Waals surface area contributed by atoms with E-state index in [1.165, 1.54) is 4.90 Å². The number of hydrogen-bond donors (Lipinski definition) is 1. The largest absolute Gasteiger partial charge is 0.466 e. The number of anilines is 1. The van der Waals surface area contributed by atoms with Crippen LogP contribution in [0.15, 0.2) is 66.9 Å². The summed E-state index contributed by atoms with van der Waals surface area (Å²) in [6, 6.07) is 19.4. The molecule has 0 spiro atoms. The van der Waals surface area contributed by atoms with E-state index in [9.17, 15) is 9.59 Å². The summed E-state index contributed by atoms with van der Waals surface area (Å²) in [5, 5.41) is 8.94. The second-order valence-electron chi connectivity index (χ2n) is 8.46. The molecular weight excluding hydrogens is 470 g/mol. The molecular formula is C28H27N5O4. The molecule has 0 saturated heterocycles. The Morgan fingerprint density at radius 1 is 1.11 bits per heavy atom. The molecule has 0 aliphatic heterocycles. The van der Waals surface area contributed by atoms with Crippen LogP contribution in [-0.4, -0.2) is 39.7 Å². The van der Waals surface area contributed by atoms with Crippen LogP contribution in [0, 0.1) is 11.3 Å². The summed E-state index contributed by atoms with van der Waals surface area (Å²) in [6.45, 7) is 3.74. The smallest absolute Gasteiger partial charge is 0.421 e. The van der Waals surface area contributed by atoms with Crippen molar-refractivity contribution in [1.29, 1.82) is 5.26 Å². The average molecular weight is 498 g/mol. The first-order valence-electron chi connectivity index (χ1n) is 12.0. The Morgan fingerprint density at radius 2 is 1.92 bits per heavy atom. The number of amides is 1. The summed E-state index contributed by atoms with van der Waals surface area (Å²) in [6.07, 6.45) is 2.37. The Bertz CT molecular complexity index is 1410. The summed E-state index contributed by atoms with van der Waals surface area (Å²) >= 11 is 0. The standard InChI is InChI=1S/C28H27N5O4/c1-3-36-27(34)16-19(2)33(26-6-4-5-15-30-26)28(35)37-22-12-13-23-24(17-22)32-25(31-23)14-11-20-7-9-21(18-29)10-8-20/h4-10,12-13,15,17,19H,3,11,14,16H2,1-2H3,(H,31,32). The second-order valence-corrected chi connectivity index (χ2v) is 8.46. The van der Waals surface area contributed by atoms with Crippen LogP contribution >= 0.6 is 0 Å². The highest BCUT2D eigenvalue weighted by Gasteiger charge is 2.27. The summed E-state index contributed by atoms with van der Waals surface area (Å²) < 4.78 is 10.7. The molecule has 0 fully saturated rings. The highest BCUT2D eigenvalue weighted by atomic mass is 16.6. The Hall–Kier alpha value is -4.71. The highest BCUT2D eigenvalue weighted by Crippen LogP contribution is 2.23. The van der Waals surface area contributed by atoms with E-state index in [4.69, 9.17) is 14.7 Å². The maximum absolute atomic E-state index is 13.2. The minimum atomic E-state index is -0.657. The summed E-state index contributed by atoms with van der Waals surface area (Å²) in [7, 11) is 0. The number of nitrogens with zero attached hydrogens (tertiary/aromatic N) is 4. The molecule has 0 bridgehead atoms. The van der Waals surface area contributed by atoms with Gasteiger partial charge in [-0.25, -0.2) is 14.8 Å². The fourth-order valence-corrected chi connectivity index (χ4v) is 3.93. The maximum Gasteiger partial charge on any atom is 0.421 e. The number of nitriles is 1. The van der Waals surface area contributed by atoms with E-state index < -0.39 is 18.1 Å². The van der Waals surface area contributed by atoms with Gasteiger partial charge in [-0.3, -0.25) is 9.69 Å². The maximum atomic E-state index is 13.2.